The van der Waals surface area contributed by atoms with E-state index in [4.69, 9.17) is 11.5 Å². The van der Waals surface area contributed by atoms with E-state index in [1.165, 1.54) is 0 Å². The monoisotopic (exact) mass is 413 g/mol. The fraction of sp³-hybridized carbons (Fsp3) is 0.458. The average molecular weight is 414 g/mol. The smallest absolute Gasteiger partial charge is 0.241 e. The number of hydrogen-bond acceptors (Lipinski definition) is 5. The minimum atomic E-state index is -0.654. The van der Waals surface area contributed by atoms with Gasteiger partial charge < -0.3 is 27.0 Å². The van der Waals surface area contributed by atoms with Crippen molar-refractivity contribution in [2.75, 3.05) is 11.9 Å². The average Bonchev–Trinajstić information content (AvgIpc) is 2.72. The summed E-state index contributed by atoms with van der Waals surface area (Å²) in [6.07, 6.45) is 5.56. The zero-order chi connectivity index (χ0) is 22.1. The van der Waals surface area contributed by atoms with E-state index in [1.54, 1.807) is 18.2 Å². The molecule has 0 saturated heterocycles. The zero-order valence-electron chi connectivity index (χ0n) is 18.1. The minimum absolute atomic E-state index is 0.00509. The molecule has 164 valence electrons. The standard InChI is InChI=1S/C24H35N3O3/c1-3-7-16-13-19(17-10-11-22(28)18(15-17)8-4-2)23(29)21(14-16)27-24(30)20(26)9-5-6-12-25/h10-11,13-15,20,28-29H,3-9,12,25-26H2,1-2H3,(H,27,30). The summed E-state index contributed by atoms with van der Waals surface area (Å²) in [4.78, 5) is 12.5. The largest absolute Gasteiger partial charge is 0.508 e. The van der Waals surface area contributed by atoms with Crippen LogP contribution in [-0.2, 0) is 17.6 Å². The second-order valence-corrected chi connectivity index (χ2v) is 7.76. The van der Waals surface area contributed by atoms with Gasteiger partial charge in [-0.15, -0.1) is 0 Å². The lowest BCUT2D eigenvalue weighted by atomic mass is 9.96. The first-order valence-electron chi connectivity index (χ1n) is 10.9. The number of hydrogen-bond donors (Lipinski definition) is 5. The van der Waals surface area contributed by atoms with Crippen LogP contribution in [0, 0.1) is 0 Å². The minimum Gasteiger partial charge on any atom is -0.508 e. The van der Waals surface area contributed by atoms with Crippen molar-refractivity contribution >= 4 is 11.6 Å². The number of rotatable bonds is 11. The predicted molar refractivity (Wildman–Crippen MR) is 123 cm³/mol. The molecule has 30 heavy (non-hydrogen) atoms. The molecule has 7 N–H and O–H groups in total. The third-order valence-electron chi connectivity index (χ3n) is 5.18. The summed E-state index contributed by atoms with van der Waals surface area (Å²) in [6, 6.07) is 8.42. The van der Waals surface area contributed by atoms with E-state index in [-0.39, 0.29) is 17.4 Å². The molecule has 0 radical (unpaired) electrons. The van der Waals surface area contributed by atoms with Crippen LogP contribution < -0.4 is 16.8 Å². The first-order valence-corrected chi connectivity index (χ1v) is 10.9. The van der Waals surface area contributed by atoms with Crippen LogP contribution in [0.4, 0.5) is 5.69 Å². The number of nitrogens with two attached hydrogens (primary N) is 2. The maximum atomic E-state index is 12.5. The molecule has 2 aromatic carbocycles. The summed E-state index contributed by atoms with van der Waals surface area (Å²) in [6.45, 7) is 4.71. The normalized spacial score (nSPS) is 12.0. The lowest BCUT2D eigenvalue weighted by Crippen LogP contribution is -2.35. The first-order chi connectivity index (χ1) is 14.4. The molecule has 2 aromatic rings. The number of carbonyl (C=O) groups excluding carboxylic acids is 1. The van der Waals surface area contributed by atoms with E-state index in [0.29, 0.717) is 24.2 Å². The quantitative estimate of drug-likeness (QED) is 0.281. The summed E-state index contributed by atoms with van der Waals surface area (Å²) in [5, 5.41) is 23.8. The van der Waals surface area contributed by atoms with Crippen molar-refractivity contribution in [3.05, 3.63) is 41.5 Å². The maximum absolute atomic E-state index is 12.5. The van der Waals surface area contributed by atoms with Crippen molar-refractivity contribution in [3.8, 4) is 22.6 Å². The topological polar surface area (TPSA) is 122 Å². The van der Waals surface area contributed by atoms with Gasteiger partial charge in [0.05, 0.1) is 11.7 Å². The highest BCUT2D eigenvalue weighted by atomic mass is 16.3. The Bertz CT molecular complexity index is 852. The van der Waals surface area contributed by atoms with Crippen molar-refractivity contribution in [2.45, 2.75) is 64.8 Å². The van der Waals surface area contributed by atoms with Gasteiger partial charge in [0, 0.05) is 5.56 Å². The fourth-order valence-corrected chi connectivity index (χ4v) is 3.53. The van der Waals surface area contributed by atoms with Crippen molar-refractivity contribution in [3.63, 3.8) is 0 Å². The molecule has 0 bridgehead atoms. The summed E-state index contributed by atoms with van der Waals surface area (Å²) in [5.41, 5.74) is 15.2. The van der Waals surface area contributed by atoms with E-state index < -0.39 is 6.04 Å². The first kappa shape index (κ1) is 23.7. The lowest BCUT2D eigenvalue weighted by molar-refractivity contribution is -0.117. The van der Waals surface area contributed by atoms with Gasteiger partial charge in [-0.1, -0.05) is 39.2 Å². The number of aromatic hydroxyl groups is 2. The highest BCUT2D eigenvalue weighted by Crippen LogP contribution is 2.39. The fourth-order valence-electron chi connectivity index (χ4n) is 3.53. The second-order valence-electron chi connectivity index (χ2n) is 7.76. The molecule has 6 heteroatoms. The van der Waals surface area contributed by atoms with Gasteiger partial charge in [0.25, 0.3) is 0 Å². The number of carbonyl (C=O) groups is 1. The van der Waals surface area contributed by atoms with Gasteiger partial charge >= 0.3 is 0 Å². The number of phenolic OH excluding ortho intramolecular Hbond substituents is 2. The van der Waals surface area contributed by atoms with Crippen LogP contribution in [0.5, 0.6) is 11.5 Å². The van der Waals surface area contributed by atoms with E-state index >= 15 is 0 Å². The number of anilines is 1. The van der Waals surface area contributed by atoms with Gasteiger partial charge in [0.1, 0.15) is 11.5 Å². The third kappa shape index (κ3) is 6.21. The Kier molecular flexibility index (Phi) is 9.15. The molecule has 0 spiro atoms. The van der Waals surface area contributed by atoms with Gasteiger partial charge in [-0.3, -0.25) is 4.79 Å². The molecular weight excluding hydrogens is 378 g/mol. The van der Waals surface area contributed by atoms with Crippen molar-refractivity contribution in [1.29, 1.82) is 0 Å². The molecule has 6 nitrogen and oxygen atoms in total. The number of aryl methyl sites for hydroxylation is 2. The molecule has 0 aliphatic carbocycles. The Hall–Kier alpha value is -2.57. The van der Waals surface area contributed by atoms with Crippen LogP contribution in [0.2, 0.25) is 0 Å². The molecule has 2 rings (SSSR count). The highest BCUT2D eigenvalue weighted by Gasteiger charge is 2.18. The van der Waals surface area contributed by atoms with Crippen molar-refractivity contribution in [2.24, 2.45) is 11.5 Å². The Morgan fingerprint density at radius 2 is 1.80 bits per heavy atom. The molecule has 1 unspecified atom stereocenters. The second kappa shape index (κ2) is 11.6. The number of unbranched alkanes of at least 4 members (excludes halogenated alkanes) is 1. The number of nitrogens with one attached hydrogen (secondary N) is 1. The van der Waals surface area contributed by atoms with Gasteiger partial charge in [-0.05, 0) is 73.2 Å². The molecule has 1 amide bonds. The van der Waals surface area contributed by atoms with Crippen LogP contribution in [0.25, 0.3) is 11.1 Å². The van der Waals surface area contributed by atoms with E-state index in [1.807, 2.05) is 12.1 Å². The maximum Gasteiger partial charge on any atom is 0.241 e. The van der Waals surface area contributed by atoms with Crippen LogP contribution in [-0.4, -0.2) is 28.7 Å². The molecule has 0 aliphatic heterocycles. The molecule has 0 aliphatic rings. The van der Waals surface area contributed by atoms with Crippen LogP contribution >= 0.6 is 0 Å². The zero-order valence-corrected chi connectivity index (χ0v) is 18.1. The van der Waals surface area contributed by atoms with Crippen LogP contribution in [0.1, 0.15) is 57.1 Å². The Balaban J connectivity index is 2.37. The number of benzene rings is 2. The van der Waals surface area contributed by atoms with Gasteiger partial charge in [0.2, 0.25) is 5.91 Å². The SMILES string of the molecule is CCCc1cc(NC(=O)C(N)CCCCN)c(O)c(-c2ccc(O)c(CCC)c2)c1. The van der Waals surface area contributed by atoms with Crippen molar-refractivity contribution in [1.82, 2.24) is 0 Å². The van der Waals surface area contributed by atoms with Gasteiger partial charge in [0.15, 0.2) is 0 Å². The number of phenols is 2. The van der Waals surface area contributed by atoms with Gasteiger partial charge in [-0.2, -0.15) is 0 Å². The van der Waals surface area contributed by atoms with Crippen LogP contribution in [0.15, 0.2) is 30.3 Å². The summed E-state index contributed by atoms with van der Waals surface area (Å²) in [5.74, 6) is -0.0634. The van der Waals surface area contributed by atoms with Crippen LogP contribution in [0.3, 0.4) is 0 Å². The van der Waals surface area contributed by atoms with E-state index in [9.17, 15) is 15.0 Å². The Labute approximate surface area is 179 Å². The molecule has 1 atom stereocenters. The third-order valence-corrected chi connectivity index (χ3v) is 5.18. The molecule has 0 aromatic heterocycles. The Morgan fingerprint density at radius 1 is 1.07 bits per heavy atom. The lowest BCUT2D eigenvalue weighted by Gasteiger charge is -2.17. The summed E-state index contributed by atoms with van der Waals surface area (Å²) >= 11 is 0. The molecular formula is C24H35N3O3. The number of amides is 1. The van der Waals surface area contributed by atoms with Gasteiger partial charge in [-0.25, -0.2) is 0 Å². The van der Waals surface area contributed by atoms with E-state index in [2.05, 4.69) is 19.2 Å². The van der Waals surface area contributed by atoms with Crippen molar-refractivity contribution < 1.29 is 15.0 Å². The summed E-state index contributed by atoms with van der Waals surface area (Å²) < 4.78 is 0. The molecule has 0 saturated carbocycles. The molecule has 0 heterocycles. The highest BCUT2D eigenvalue weighted by molar-refractivity contribution is 5.97. The van der Waals surface area contributed by atoms with E-state index in [0.717, 1.165) is 55.2 Å². The molecule has 0 fully saturated rings. The summed E-state index contributed by atoms with van der Waals surface area (Å²) in [7, 11) is 0. The Morgan fingerprint density at radius 3 is 2.47 bits per heavy atom. The predicted octanol–water partition coefficient (Wildman–Crippen LogP) is 4.06.